The van der Waals surface area contributed by atoms with Gasteiger partial charge in [0.1, 0.15) is 0 Å². The fourth-order valence-electron chi connectivity index (χ4n) is 2.82. The zero-order valence-electron chi connectivity index (χ0n) is 11.9. The molecule has 22 heavy (non-hydrogen) atoms. The molecule has 2 aromatic carbocycles. The number of nitrogens with zero attached hydrogens (tertiary/aromatic N) is 1. The van der Waals surface area contributed by atoms with Crippen LogP contribution in [0.5, 0.6) is 0 Å². The van der Waals surface area contributed by atoms with Crippen molar-refractivity contribution in [2.24, 2.45) is 0 Å². The molecule has 1 amide bonds. The third-order valence-electron chi connectivity index (χ3n) is 3.80. The minimum atomic E-state index is 0.624. The molecule has 0 unspecified atom stereocenters. The Balaban J connectivity index is 1.94. The number of benzene rings is 2. The first kappa shape index (κ1) is 13.0. The lowest BCUT2D eigenvalue weighted by atomic mass is 9.97. The maximum absolute atomic E-state index is 10.6. The molecule has 0 saturated heterocycles. The third-order valence-corrected chi connectivity index (χ3v) is 4.75. The lowest BCUT2D eigenvalue weighted by molar-refractivity contribution is -0.105. The van der Waals surface area contributed by atoms with Crippen LogP contribution in [0.1, 0.15) is 5.56 Å². The van der Waals surface area contributed by atoms with Crippen LogP contribution >= 0.6 is 11.3 Å². The molecule has 0 aliphatic rings. The van der Waals surface area contributed by atoms with Crippen LogP contribution in [0.2, 0.25) is 0 Å². The van der Waals surface area contributed by atoms with Gasteiger partial charge in [0, 0.05) is 17.1 Å². The molecular formula is C17H13N3OS. The Morgan fingerprint density at radius 2 is 2.14 bits per heavy atom. The largest absolute Gasteiger partial charge is 0.361 e. The van der Waals surface area contributed by atoms with Crippen molar-refractivity contribution < 1.29 is 4.79 Å². The Morgan fingerprint density at radius 1 is 1.23 bits per heavy atom. The summed E-state index contributed by atoms with van der Waals surface area (Å²) < 4.78 is 1.06. The summed E-state index contributed by atoms with van der Waals surface area (Å²) in [7, 11) is 0. The number of aryl methyl sites for hydroxylation is 1. The van der Waals surface area contributed by atoms with Crippen LogP contribution in [-0.2, 0) is 4.79 Å². The van der Waals surface area contributed by atoms with E-state index in [9.17, 15) is 4.79 Å². The second kappa shape index (κ2) is 4.96. The van der Waals surface area contributed by atoms with E-state index in [0.29, 0.717) is 11.5 Å². The third kappa shape index (κ3) is 1.98. The highest BCUT2D eigenvalue weighted by atomic mass is 32.1. The van der Waals surface area contributed by atoms with Gasteiger partial charge in [0.2, 0.25) is 6.41 Å². The topological polar surface area (TPSA) is 57.8 Å². The van der Waals surface area contributed by atoms with E-state index in [2.05, 4.69) is 52.5 Å². The molecule has 0 spiro atoms. The maximum Gasteiger partial charge on any atom is 0.213 e. The molecule has 108 valence electrons. The lowest BCUT2D eigenvalue weighted by Gasteiger charge is -2.08. The smallest absolute Gasteiger partial charge is 0.213 e. The van der Waals surface area contributed by atoms with Crippen molar-refractivity contribution in [2.75, 3.05) is 5.32 Å². The number of H-pyrrole nitrogens is 1. The number of aromatic nitrogens is 2. The molecule has 4 rings (SSSR count). The van der Waals surface area contributed by atoms with Crippen LogP contribution in [0.3, 0.4) is 0 Å². The maximum atomic E-state index is 10.6. The molecule has 0 radical (unpaired) electrons. The summed E-state index contributed by atoms with van der Waals surface area (Å²) in [5.41, 5.74) is 5.67. The van der Waals surface area contributed by atoms with E-state index in [1.165, 1.54) is 27.8 Å². The highest BCUT2D eigenvalue weighted by molar-refractivity contribution is 7.22. The summed E-state index contributed by atoms with van der Waals surface area (Å²) in [6, 6.07) is 12.6. The highest BCUT2D eigenvalue weighted by Crippen LogP contribution is 2.35. The van der Waals surface area contributed by atoms with Crippen LogP contribution < -0.4 is 5.32 Å². The fraction of sp³-hybridized carbons (Fsp3) is 0.0588. The van der Waals surface area contributed by atoms with Gasteiger partial charge >= 0.3 is 0 Å². The van der Waals surface area contributed by atoms with Gasteiger partial charge in [-0.2, -0.15) is 0 Å². The Bertz CT molecular complexity index is 1000. The molecule has 2 aromatic heterocycles. The molecule has 4 aromatic rings. The summed E-state index contributed by atoms with van der Waals surface area (Å²) in [6.07, 6.45) is 2.62. The fourth-order valence-corrected chi connectivity index (χ4v) is 3.68. The average Bonchev–Trinajstić information content (AvgIpc) is 3.12. The number of thiazole rings is 1. The number of anilines is 1. The number of rotatable bonds is 3. The monoisotopic (exact) mass is 307 g/mol. The van der Waals surface area contributed by atoms with Gasteiger partial charge in [0.15, 0.2) is 5.13 Å². The average molecular weight is 307 g/mol. The van der Waals surface area contributed by atoms with Crippen LogP contribution in [0.25, 0.3) is 32.2 Å². The quantitative estimate of drug-likeness (QED) is 0.554. The van der Waals surface area contributed by atoms with Crippen molar-refractivity contribution in [3.63, 3.8) is 0 Å². The highest BCUT2D eigenvalue weighted by Gasteiger charge is 2.10. The van der Waals surface area contributed by atoms with E-state index in [4.69, 9.17) is 0 Å². The first-order valence-corrected chi connectivity index (χ1v) is 7.76. The van der Waals surface area contributed by atoms with E-state index >= 15 is 0 Å². The lowest BCUT2D eigenvalue weighted by Crippen LogP contribution is -1.91. The van der Waals surface area contributed by atoms with Crippen LogP contribution in [-0.4, -0.2) is 16.4 Å². The first-order chi connectivity index (χ1) is 10.8. The molecule has 0 aliphatic carbocycles. The van der Waals surface area contributed by atoms with Crippen molar-refractivity contribution in [3.8, 4) is 11.1 Å². The van der Waals surface area contributed by atoms with Crippen LogP contribution in [0, 0.1) is 6.92 Å². The van der Waals surface area contributed by atoms with Crippen molar-refractivity contribution in [3.05, 3.63) is 48.2 Å². The summed E-state index contributed by atoms with van der Waals surface area (Å²) in [5.74, 6) is 0. The van der Waals surface area contributed by atoms with Crippen molar-refractivity contribution in [1.29, 1.82) is 0 Å². The minimum absolute atomic E-state index is 0.624. The molecule has 2 N–H and O–H groups in total. The van der Waals surface area contributed by atoms with Crippen LogP contribution in [0.4, 0.5) is 5.13 Å². The molecule has 5 heteroatoms. The van der Waals surface area contributed by atoms with Crippen molar-refractivity contribution >= 4 is 44.0 Å². The van der Waals surface area contributed by atoms with Crippen molar-refractivity contribution in [2.45, 2.75) is 6.92 Å². The summed E-state index contributed by atoms with van der Waals surface area (Å²) >= 11 is 1.48. The number of aromatic amines is 1. The molecule has 0 saturated carbocycles. The molecular weight excluding hydrogens is 294 g/mol. The van der Waals surface area contributed by atoms with E-state index in [1.807, 2.05) is 12.3 Å². The molecule has 0 aliphatic heterocycles. The Hall–Kier alpha value is -2.66. The standard InChI is InChI=1S/C17H13N3OS/c1-10-2-4-13-12(6-7-18-13)16(10)11-3-5-14-15(8-11)22-17(20-14)19-9-21/h2-9,18H,1H3,(H,19,20,21). The van der Waals surface area contributed by atoms with Crippen LogP contribution in [0.15, 0.2) is 42.6 Å². The van der Waals surface area contributed by atoms with Crippen molar-refractivity contribution in [1.82, 2.24) is 9.97 Å². The number of amides is 1. The first-order valence-electron chi connectivity index (χ1n) is 6.94. The minimum Gasteiger partial charge on any atom is -0.361 e. The van der Waals surface area contributed by atoms with Gasteiger partial charge < -0.3 is 10.3 Å². The van der Waals surface area contributed by atoms with E-state index < -0.39 is 0 Å². The normalized spacial score (nSPS) is 11.1. The summed E-state index contributed by atoms with van der Waals surface area (Å²) in [4.78, 5) is 18.2. The van der Waals surface area contributed by atoms with E-state index in [1.54, 1.807) is 0 Å². The predicted molar refractivity (Wildman–Crippen MR) is 91.3 cm³/mol. The number of fused-ring (bicyclic) bond motifs is 2. The Labute approximate surface area is 130 Å². The van der Waals surface area contributed by atoms with Gasteiger partial charge in [-0.1, -0.05) is 23.5 Å². The zero-order chi connectivity index (χ0) is 15.1. The van der Waals surface area contributed by atoms with Gasteiger partial charge in [-0.3, -0.25) is 4.79 Å². The van der Waals surface area contributed by atoms with Gasteiger partial charge in [0.25, 0.3) is 0 Å². The molecule has 2 heterocycles. The SMILES string of the molecule is Cc1ccc2[nH]ccc2c1-c1ccc2nc(NC=O)sc2c1. The van der Waals surface area contributed by atoms with E-state index in [0.717, 1.165) is 21.3 Å². The molecule has 0 bridgehead atoms. The predicted octanol–water partition coefficient (Wildman–Crippen LogP) is 4.32. The second-order valence-corrected chi connectivity index (χ2v) is 6.19. The summed E-state index contributed by atoms with van der Waals surface area (Å²) in [6.45, 7) is 2.12. The zero-order valence-corrected chi connectivity index (χ0v) is 12.7. The number of nitrogens with one attached hydrogen (secondary N) is 2. The van der Waals surface area contributed by atoms with Gasteiger partial charge in [-0.05, 0) is 47.9 Å². The molecule has 4 nitrogen and oxygen atoms in total. The summed E-state index contributed by atoms with van der Waals surface area (Å²) in [5, 5.41) is 4.46. The second-order valence-electron chi connectivity index (χ2n) is 5.16. The van der Waals surface area contributed by atoms with E-state index in [-0.39, 0.29) is 0 Å². The van der Waals surface area contributed by atoms with Gasteiger partial charge in [-0.25, -0.2) is 4.98 Å². The Kier molecular flexibility index (Phi) is 2.94. The number of hydrogen-bond donors (Lipinski definition) is 2. The number of hydrogen-bond acceptors (Lipinski definition) is 3. The number of carbonyl (C=O) groups is 1. The van der Waals surface area contributed by atoms with Gasteiger partial charge in [0.05, 0.1) is 10.2 Å². The van der Waals surface area contributed by atoms with Gasteiger partial charge in [-0.15, -0.1) is 0 Å². The molecule has 0 fully saturated rings. The Morgan fingerprint density at radius 3 is 3.00 bits per heavy atom. The molecule has 0 atom stereocenters. The number of carbonyl (C=O) groups excluding carboxylic acids is 1.